The van der Waals surface area contributed by atoms with Crippen molar-refractivity contribution in [3.8, 4) is 0 Å². The summed E-state index contributed by atoms with van der Waals surface area (Å²) in [7, 11) is 0. The Kier molecular flexibility index (Phi) is 4.60. The van der Waals surface area contributed by atoms with E-state index < -0.39 is 0 Å². The van der Waals surface area contributed by atoms with Crippen LogP contribution in [-0.2, 0) is 0 Å². The van der Waals surface area contributed by atoms with E-state index in [0.29, 0.717) is 5.92 Å². The van der Waals surface area contributed by atoms with E-state index in [4.69, 9.17) is 0 Å². The van der Waals surface area contributed by atoms with Crippen molar-refractivity contribution in [3.05, 3.63) is 29.6 Å². The minimum atomic E-state index is -0.166. The molecule has 1 unspecified atom stereocenters. The van der Waals surface area contributed by atoms with Crippen molar-refractivity contribution >= 4 is 5.69 Å². The highest BCUT2D eigenvalue weighted by molar-refractivity contribution is 5.45. The topological polar surface area (TPSA) is 12.0 Å². The Morgan fingerprint density at radius 2 is 2.07 bits per heavy atom. The Hall–Kier alpha value is -1.05. The number of anilines is 1. The van der Waals surface area contributed by atoms with E-state index in [9.17, 15) is 4.39 Å². The summed E-state index contributed by atoms with van der Waals surface area (Å²) < 4.78 is 13.1. The van der Waals surface area contributed by atoms with Crippen LogP contribution in [0.1, 0.15) is 32.3 Å². The van der Waals surface area contributed by atoms with E-state index in [1.165, 1.54) is 12.8 Å². The van der Waals surface area contributed by atoms with E-state index in [2.05, 4.69) is 19.2 Å². The zero-order chi connectivity index (χ0) is 11.3. The summed E-state index contributed by atoms with van der Waals surface area (Å²) in [5.74, 6) is 0.471. The van der Waals surface area contributed by atoms with Gasteiger partial charge in [-0.05, 0) is 43.0 Å². The van der Waals surface area contributed by atoms with Gasteiger partial charge >= 0.3 is 0 Å². The molecule has 0 saturated carbocycles. The molecule has 0 amide bonds. The first-order valence-corrected chi connectivity index (χ1v) is 5.63. The Morgan fingerprint density at radius 1 is 1.33 bits per heavy atom. The van der Waals surface area contributed by atoms with Crippen molar-refractivity contribution in [3.63, 3.8) is 0 Å². The van der Waals surface area contributed by atoms with Gasteiger partial charge in [-0.1, -0.05) is 20.3 Å². The highest BCUT2D eigenvalue weighted by Gasteiger charge is 2.01. The highest BCUT2D eigenvalue weighted by atomic mass is 19.1. The van der Waals surface area contributed by atoms with Crippen LogP contribution in [0.4, 0.5) is 10.1 Å². The molecule has 84 valence electrons. The van der Waals surface area contributed by atoms with E-state index in [0.717, 1.165) is 17.8 Å². The first-order valence-electron chi connectivity index (χ1n) is 5.63. The molecule has 0 fully saturated rings. The van der Waals surface area contributed by atoms with Gasteiger partial charge in [-0.15, -0.1) is 0 Å². The predicted molar refractivity (Wildman–Crippen MR) is 63.7 cm³/mol. The summed E-state index contributed by atoms with van der Waals surface area (Å²) in [6.07, 6.45) is 2.41. The van der Waals surface area contributed by atoms with Crippen LogP contribution in [0.25, 0.3) is 0 Å². The van der Waals surface area contributed by atoms with E-state index >= 15 is 0 Å². The molecule has 0 aliphatic heterocycles. The third-order valence-electron chi connectivity index (χ3n) is 2.48. The largest absolute Gasteiger partial charge is 0.385 e. The lowest BCUT2D eigenvalue weighted by atomic mass is 10.1. The second-order valence-electron chi connectivity index (χ2n) is 4.29. The van der Waals surface area contributed by atoms with Gasteiger partial charge in [0.2, 0.25) is 0 Å². The van der Waals surface area contributed by atoms with Gasteiger partial charge in [0.15, 0.2) is 0 Å². The van der Waals surface area contributed by atoms with E-state index in [-0.39, 0.29) is 5.82 Å². The fourth-order valence-electron chi connectivity index (χ4n) is 1.73. The molecule has 1 aromatic rings. The molecule has 1 N–H and O–H groups in total. The van der Waals surface area contributed by atoms with E-state index in [1.807, 2.05) is 13.0 Å². The Bertz CT molecular complexity index is 289. The second kappa shape index (κ2) is 5.74. The highest BCUT2D eigenvalue weighted by Crippen LogP contribution is 2.14. The molecule has 2 heteroatoms. The van der Waals surface area contributed by atoms with Crippen molar-refractivity contribution in [2.24, 2.45) is 5.92 Å². The summed E-state index contributed by atoms with van der Waals surface area (Å²) in [6, 6.07) is 5.06. The molecule has 0 bridgehead atoms. The molecule has 1 atom stereocenters. The maximum absolute atomic E-state index is 13.1. The van der Waals surface area contributed by atoms with E-state index in [1.54, 1.807) is 12.1 Å². The molecule has 15 heavy (non-hydrogen) atoms. The van der Waals surface area contributed by atoms with Gasteiger partial charge in [-0.25, -0.2) is 4.39 Å². The maximum atomic E-state index is 13.1. The minimum Gasteiger partial charge on any atom is -0.385 e. The quantitative estimate of drug-likeness (QED) is 0.773. The molecule has 0 heterocycles. The molecule has 1 aromatic carbocycles. The fraction of sp³-hybridized carbons (Fsp3) is 0.538. The van der Waals surface area contributed by atoms with Crippen LogP contribution in [0, 0.1) is 18.7 Å². The number of benzene rings is 1. The summed E-state index contributed by atoms with van der Waals surface area (Å²) in [5.41, 5.74) is 1.84. The molecule has 0 radical (unpaired) electrons. The van der Waals surface area contributed by atoms with Crippen LogP contribution < -0.4 is 5.32 Å². The lowest BCUT2D eigenvalue weighted by Gasteiger charge is -2.13. The summed E-state index contributed by atoms with van der Waals surface area (Å²) in [5, 5.41) is 3.27. The number of hydrogen-bond acceptors (Lipinski definition) is 1. The number of hydrogen-bond donors (Lipinski definition) is 1. The van der Waals surface area contributed by atoms with Gasteiger partial charge in [-0.2, -0.15) is 0 Å². The van der Waals surface area contributed by atoms with Crippen molar-refractivity contribution in [2.75, 3.05) is 11.9 Å². The number of nitrogens with one attached hydrogen (secondary N) is 1. The zero-order valence-electron chi connectivity index (χ0n) is 9.81. The van der Waals surface area contributed by atoms with Gasteiger partial charge in [0.05, 0.1) is 0 Å². The molecular weight excluding hydrogens is 189 g/mol. The maximum Gasteiger partial charge on any atom is 0.125 e. The fourth-order valence-corrected chi connectivity index (χ4v) is 1.73. The number of rotatable bonds is 5. The van der Waals surface area contributed by atoms with Crippen LogP contribution in [-0.4, -0.2) is 6.54 Å². The number of aryl methyl sites for hydroxylation is 1. The average molecular weight is 209 g/mol. The smallest absolute Gasteiger partial charge is 0.125 e. The lowest BCUT2D eigenvalue weighted by Crippen LogP contribution is -2.11. The third kappa shape index (κ3) is 4.32. The van der Waals surface area contributed by atoms with Crippen molar-refractivity contribution in [1.82, 2.24) is 0 Å². The normalized spacial score (nSPS) is 12.5. The van der Waals surface area contributed by atoms with Crippen LogP contribution in [0.5, 0.6) is 0 Å². The standard InChI is InChI=1S/C13H20FN/c1-4-5-10(2)9-15-13-7-11(3)6-12(14)8-13/h6-8,10,15H,4-5,9H2,1-3H3. The summed E-state index contributed by atoms with van der Waals surface area (Å²) in [6.45, 7) is 7.21. The lowest BCUT2D eigenvalue weighted by molar-refractivity contribution is 0.550. The first kappa shape index (κ1) is 12.0. The summed E-state index contributed by atoms with van der Waals surface area (Å²) in [4.78, 5) is 0. The molecule has 1 rings (SSSR count). The molecule has 0 aliphatic rings. The molecule has 0 aliphatic carbocycles. The van der Waals surface area contributed by atoms with Gasteiger partial charge in [0.25, 0.3) is 0 Å². The average Bonchev–Trinajstić information content (AvgIpc) is 2.14. The minimum absolute atomic E-state index is 0.166. The third-order valence-corrected chi connectivity index (χ3v) is 2.48. The number of halogens is 1. The van der Waals surface area contributed by atoms with Crippen LogP contribution >= 0.6 is 0 Å². The predicted octanol–water partition coefficient (Wildman–Crippen LogP) is 3.98. The second-order valence-corrected chi connectivity index (χ2v) is 4.29. The molecular formula is C13H20FN. The molecule has 0 spiro atoms. The monoisotopic (exact) mass is 209 g/mol. The first-order chi connectivity index (χ1) is 7.11. The molecule has 0 saturated heterocycles. The van der Waals surface area contributed by atoms with Crippen LogP contribution in [0.15, 0.2) is 18.2 Å². The Morgan fingerprint density at radius 3 is 2.67 bits per heavy atom. The van der Waals surface area contributed by atoms with Gasteiger partial charge in [0.1, 0.15) is 5.82 Å². The Balaban J connectivity index is 2.50. The van der Waals surface area contributed by atoms with Crippen molar-refractivity contribution in [1.29, 1.82) is 0 Å². The Labute approximate surface area is 91.7 Å². The van der Waals surface area contributed by atoms with Crippen LogP contribution in [0.2, 0.25) is 0 Å². The SMILES string of the molecule is CCCC(C)CNc1cc(C)cc(F)c1. The molecule has 1 nitrogen and oxygen atoms in total. The van der Waals surface area contributed by atoms with Crippen LogP contribution in [0.3, 0.4) is 0 Å². The summed E-state index contributed by atoms with van der Waals surface area (Å²) >= 11 is 0. The van der Waals surface area contributed by atoms with Crippen molar-refractivity contribution < 1.29 is 4.39 Å². The zero-order valence-corrected chi connectivity index (χ0v) is 9.81. The van der Waals surface area contributed by atoms with Gasteiger partial charge < -0.3 is 5.32 Å². The van der Waals surface area contributed by atoms with Gasteiger partial charge in [0, 0.05) is 12.2 Å². The van der Waals surface area contributed by atoms with Gasteiger partial charge in [-0.3, -0.25) is 0 Å². The van der Waals surface area contributed by atoms with Crippen molar-refractivity contribution in [2.45, 2.75) is 33.6 Å². The molecule has 0 aromatic heterocycles.